The molecule has 18 heavy (non-hydrogen) atoms. The van der Waals surface area contributed by atoms with Crippen LogP contribution in [0, 0.1) is 0 Å². The molecule has 96 valence electrons. The van der Waals surface area contributed by atoms with Crippen molar-refractivity contribution in [2.24, 2.45) is 0 Å². The van der Waals surface area contributed by atoms with Crippen LogP contribution < -0.4 is 5.32 Å². The molecule has 0 aliphatic heterocycles. The van der Waals surface area contributed by atoms with E-state index in [0.717, 1.165) is 0 Å². The van der Waals surface area contributed by atoms with Crippen LogP contribution in [-0.4, -0.2) is 15.3 Å². The van der Waals surface area contributed by atoms with E-state index in [0.29, 0.717) is 12.1 Å². The van der Waals surface area contributed by atoms with E-state index in [-0.39, 0.29) is 17.5 Å². The Labute approximate surface area is 109 Å². The molecule has 0 aliphatic carbocycles. The fraction of sp³-hybridized carbons (Fsp3) is 0.231. The maximum absolute atomic E-state index is 9.67. The van der Waals surface area contributed by atoms with Crippen LogP contribution in [0.4, 0.5) is 0 Å². The van der Waals surface area contributed by atoms with Gasteiger partial charge in [-0.15, -0.1) is 11.3 Å². The molecule has 0 amide bonds. The summed E-state index contributed by atoms with van der Waals surface area (Å²) in [6, 6.07) is 7.14. The lowest BCUT2D eigenvalue weighted by Crippen LogP contribution is -2.17. The van der Waals surface area contributed by atoms with Gasteiger partial charge in [0.25, 0.3) is 0 Å². The molecule has 4 nitrogen and oxygen atoms in total. The van der Waals surface area contributed by atoms with Gasteiger partial charge in [-0.3, -0.25) is 0 Å². The Morgan fingerprint density at radius 3 is 2.61 bits per heavy atom. The van der Waals surface area contributed by atoms with Crippen LogP contribution in [0.1, 0.15) is 23.4 Å². The number of aromatic hydroxyl groups is 3. The minimum Gasteiger partial charge on any atom is -0.504 e. The molecule has 0 aliphatic rings. The molecule has 2 aromatic rings. The number of phenols is 3. The molecule has 0 radical (unpaired) electrons. The predicted octanol–water partition coefficient (Wildman–Crippen LogP) is 2.72. The first kappa shape index (κ1) is 12.7. The second-order valence-corrected chi connectivity index (χ2v) is 5.04. The van der Waals surface area contributed by atoms with E-state index < -0.39 is 5.75 Å². The van der Waals surface area contributed by atoms with Gasteiger partial charge in [-0.25, -0.2) is 0 Å². The highest BCUT2D eigenvalue weighted by molar-refractivity contribution is 7.10. The van der Waals surface area contributed by atoms with Gasteiger partial charge in [-0.1, -0.05) is 12.1 Å². The maximum atomic E-state index is 9.67. The average molecular weight is 265 g/mol. The van der Waals surface area contributed by atoms with Crippen molar-refractivity contribution in [1.29, 1.82) is 0 Å². The van der Waals surface area contributed by atoms with E-state index in [9.17, 15) is 15.3 Å². The largest absolute Gasteiger partial charge is 0.504 e. The molecule has 2 rings (SSSR count). The Morgan fingerprint density at radius 1 is 1.17 bits per heavy atom. The topological polar surface area (TPSA) is 72.7 Å². The minimum atomic E-state index is -0.474. The van der Waals surface area contributed by atoms with E-state index >= 15 is 0 Å². The summed E-state index contributed by atoms with van der Waals surface area (Å²) < 4.78 is 0. The van der Waals surface area contributed by atoms with Crippen LogP contribution in [0.3, 0.4) is 0 Å². The molecule has 0 saturated carbocycles. The van der Waals surface area contributed by atoms with Gasteiger partial charge in [0, 0.05) is 23.0 Å². The Balaban J connectivity index is 2.05. The van der Waals surface area contributed by atoms with Gasteiger partial charge in [-0.2, -0.15) is 0 Å². The summed E-state index contributed by atoms with van der Waals surface area (Å²) in [6.07, 6.45) is 0. The fourth-order valence-corrected chi connectivity index (χ4v) is 2.41. The molecule has 0 unspecified atom stereocenters. The number of hydrogen-bond donors (Lipinski definition) is 4. The lowest BCUT2D eigenvalue weighted by Gasteiger charge is -2.13. The molecule has 4 N–H and O–H groups in total. The monoisotopic (exact) mass is 265 g/mol. The summed E-state index contributed by atoms with van der Waals surface area (Å²) in [5.41, 5.74) is 0.550. The first-order chi connectivity index (χ1) is 8.59. The smallest absolute Gasteiger partial charge is 0.200 e. The summed E-state index contributed by atoms with van der Waals surface area (Å²) in [4.78, 5) is 1.21. The van der Waals surface area contributed by atoms with Crippen LogP contribution in [0.25, 0.3) is 0 Å². The third-order valence-corrected chi connectivity index (χ3v) is 3.84. The average Bonchev–Trinajstić information content (AvgIpc) is 2.89. The SMILES string of the molecule is C[C@H](NCc1ccc(O)c(O)c1O)c1cccs1. The van der Waals surface area contributed by atoms with Crippen LogP contribution in [-0.2, 0) is 6.54 Å². The van der Waals surface area contributed by atoms with Gasteiger partial charge in [0.1, 0.15) is 0 Å². The lowest BCUT2D eigenvalue weighted by atomic mass is 10.1. The first-order valence-corrected chi connectivity index (χ1v) is 6.47. The van der Waals surface area contributed by atoms with Gasteiger partial charge in [0.15, 0.2) is 11.5 Å². The predicted molar refractivity (Wildman–Crippen MR) is 71.0 cm³/mol. The van der Waals surface area contributed by atoms with E-state index in [1.165, 1.54) is 10.9 Å². The normalized spacial score (nSPS) is 12.5. The molecule has 1 atom stereocenters. The second kappa shape index (κ2) is 5.29. The Hall–Kier alpha value is -1.72. The van der Waals surface area contributed by atoms with Gasteiger partial charge < -0.3 is 20.6 Å². The first-order valence-electron chi connectivity index (χ1n) is 5.59. The number of rotatable bonds is 4. The quantitative estimate of drug-likeness (QED) is 0.641. The summed E-state index contributed by atoms with van der Waals surface area (Å²) in [7, 11) is 0. The molecule has 0 spiro atoms. The Morgan fingerprint density at radius 2 is 1.94 bits per heavy atom. The van der Waals surface area contributed by atoms with Gasteiger partial charge in [0.2, 0.25) is 5.75 Å². The molecule has 1 heterocycles. The van der Waals surface area contributed by atoms with Crippen LogP contribution in [0.15, 0.2) is 29.6 Å². The molecule has 1 aromatic carbocycles. The van der Waals surface area contributed by atoms with Crippen LogP contribution in [0.2, 0.25) is 0 Å². The second-order valence-electron chi connectivity index (χ2n) is 4.06. The number of hydrogen-bond acceptors (Lipinski definition) is 5. The van der Waals surface area contributed by atoms with Crippen molar-refractivity contribution in [2.45, 2.75) is 19.5 Å². The molecule has 1 aromatic heterocycles. The summed E-state index contributed by atoms with van der Waals surface area (Å²) in [5.74, 6) is -1.07. The van der Waals surface area contributed by atoms with Crippen molar-refractivity contribution in [3.8, 4) is 17.2 Å². The fourth-order valence-electron chi connectivity index (χ4n) is 1.65. The maximum Gasteiger partial charge on any atom is 0.200 e. The van der Waals surface area contributed by atoms with Crippen molar-refractivity contribution in [1.82, 2.24) is 5.32 Å². The molecular weight excluding hydrogens is 250 g/mol. The summed E-state index contributed by atoms with van der Waals surface area (Å²) >= 11 is 1.66. The third-order valence-electron chi connectivity index (χ3n) is 2.78. The highest BCUT2D eigenvalue weighted by atomic mass is 32.1. The van der Waals surface area contributed by atoms with Crippen molar-refractivity contribution >= 4 is 11.3 Å². The molecule has 0 saturated heterocycles. The zero-order valence-corrected chi connectivity index (χ0v) is 10.7. The number of nitrogens with one attached hydrogen (secondary N) is 1. The molecule has 0 bridgehead atoms. The zero-order valence-electron chi connectivity index (χ0n) is 9.92. The number of benzene rings is 1. The number of thiophene rings is 1. The summed E-state index contributed by atoms with van der Waals surface area (Å²) in [6.45, 7) is 2.45. The van der Waals surface area contributed by atoms with Crippen molar-refractivity contribution in [3.05, 3.63) is 40.1 Å². The highest BCUT2D eigenvalue weighted by Crippen LogP contribution is 2.37. The molecule has 5 heteroatoms. The third kappa shape index (κ3) is 2.57. The Kier molecular flexibility index (Phi) is 3.74. The lowest BCUT2D eigenvalue weighted by molar-refractivity contribution is 0.363. The molecule has 0 fully saturated rings. The highest BCUT2D eigenvalue weighted by Gasteiger charge is 2.12. The van der Waals surface area contributed by atoms with Gasteiger partial charge in [-0.05, 0) is 24.4 Å². The van der Waals surface area contributed by atoms with E-state index in [1.54, 1.807) is 17.4 Å². The summed E-state index contributed by atoms with van der Waals surface area (Å²) in [5, 5.41) is 33.6. The van der Waals surface area contributed by atoms with E-state index in [1.807, 2.05) is 24.4 Å². The zero-order chi connectivity index (χ0) is 13.1. The minimum absolute atomic E-state index is 0.167. The van der Waals surface area contributed by atoms with Crippen molar-refractivity contribution in [3.63, 3.8) is 0 Å². The van der Waals surface area contributed by atoms with Crippen molar-refractivity contribution in [2.75, 3.05) is 0 Å². The van der Waals surface area contributed by atoms with E-state index in [2.05, 4.69) is 5.32 Å². The number of phenolic OH excluding ortho intramolecular Hbond substituents is 3. The van der Waals surface area contributed by atoms with Crippen LogP contribution in [0.5, 0.6) is 17.2 Å². The van der Waals surface area contributed by atoms with E-state index in [4.69, 9.17) is 0 Å². The molecular formula is C13H15NO3S. The van der Waals surface area contributed by atoms with Crippen molar-refractivity contribution < 1.29 is 15.3 Å². The standard InChI is InChI=1S/C13H15NO3S/c1-8(11-3-2-6-18-11)14-7-9-4-5-10(15)13(17)12(9)16/h2-6,8,14-17H,7H2,1H3/t8-/m0/s1. The van der Waals surface area contributed by atoms with Gasteiger partial charge >= 0.3 is 0 Å². The van der Waals surface area contributed by atoms with Crippen LogP contribution >= 0.6 is 11.3 Å². The van der Waals surface area contributed by atoms with Gasteiger partial charge in [0.05, 0.1) is 0 Å². The Bertz CT molecular complexity index is 525.